The lowest BCUT2D eigenvalue weighted by molar-refractivity contribution is 0.0994. The van der Waals surface area contributed by atoms with Crippen molar-refractivity contribution >= 4 is 44.7 Å². The molecule has 4 heteroatoms. The van der Waals surface area contributed by atoms with E-state index in [4.69, 9.17) is 11.6 Å². The number of Topliss-reactive ketones (excluding diaryl/α,β-unsaturated/α-hetero) is 1. The minimum absolute atomic E-state index is 0.117. The van der Waals surface area contributed by atoms with Crippen molar-refractivity contribution in [2.45, 2.75) is 6.42 Å². The fourth-order valence-corrected chi connectivity index (χ4v) is 2.69. The van der Waals surface area contributed by atoms with E-state index < -0.39 is 0 Å². The van der Waals surface area contributed by atoms with Crippen LogP contribution in [0.2, 0.25) is 4.34 Å². The molecule has 2 aromatic rings. The maximum Gasteiger partial charge on any atom is 0.168 e. The van der Waals surface area contributed by atoms with Gasteiger partial charge in [0.05, 0.1) is 4.34 Å². The van der Waals surface area contributed by atoms with Crippen molar-refractivity contribution in [2.24, 2.45) is 0 Å². The summed E-state index contributed by atoms with van der Waals surface area (Å²) in [6.07, 6.45) is 0.416. The Balaban J connectivity index is 2.11. The Hall–Kier alpha value is -0.640. The van der Waals surface area contributed by atoms with Crippen LogP contribution >= 0.6 is 38.9 Å². The van der Waals surface area contributed by atoms with Crippen LogP contribution in [-0.2, 0) is 6.42 Å². The largest absolute Gasteiger partial charge is 0.294 e. The Kier molecular flexibility index (Phi) is 3.79. The van der Waals surface area contributed by atoms with Gasteiger partial charge in [-0.1, -0.05) is 39.7 Å². The second-order valence-electron chi connectivity index (χ2n) is 3.31. The van der Waals surface area contributed by atoms with Crippen molar-refractivity contribution in [1.29, 1.82) is 0 Å². The van der Waals surface area contributed by atoms with E-state index in [9.17, 15) is 4.79 Å². The molecule has 1 nitrogen and oxygen atoms in total. The summed E-state index contributed by atoms with van der Waals surface area (Å²) in [5.74, 6) is 0.117. The highest BCUT2D eigenvalue weighted by atomic mass is 79.9. The number of rotatable bonds is 3. The van der Waals surface area contributed by atoms with Crippen molar-refractivity contribution in [3.63, 3.8) is 0 Å². The van der Waals surface area contributed by atoms with Crippen molar-refractivity contribution in [2.75, 3.05) is 0 Å². The highest BCUT2D eigenvalue weighted by Gasteiger charge is 2.08. The highest BCUT2D eigenvalue weighted by Crippen LogP contribution is 2.23. The molecule has 1 heterocycles. The summed E-state index contributed by atoms with van der Waals surface area (Å²) in [7, 11) is 0. The number of thiophene rings is 1. The number of carbonyl (C=O) groups excluding carboxylic acids is 1. The molecule has 0 aliphatic heterocycles. The zero-order valence-corrected chi connectivity index (χ0v) is 11.4. The van der Waals surface area contributed by atoms with Gasteiger partial charge in [-0.2, -0.15) is 0 Å². The quantitative estimate of drug-likeness (QED) is 0.757. The molecule has 82 valence electrons. The van der Waals surface area contributed by atoms with Crippen LogP contribution in [0.4, 0.5) is 0 Å². The number of hydrogen-bond donors (Lipinski definition) is 0. The normalized spacial score (nSPS) is 10.4. The molecule has 2 rings (SSSR count). The van der Waals surface area contributed by atoms with E-state index in [1.165, 1.54) is 11.3 Å². The van der Waals surface area contributed by atoms with E-state index in [0.29, 0.717) is 6.42 Å². The molecule has 0 bridgehead atoms. The maximum atomic E-state index is 11.9. The molecule has 0 aliphatic carbocycles. The van der Waals surface area contributed by atoms with E-state index >= 15 is 0 Å². The minimum atomic E-state index is 0.117. The smallest absolute Gasteiger partial charge is 0.168 e. The summed E-state index contributed by atoms with van der Waals surface area (Å²) in [5.41, 5.74) is 0.729. The van der Waals surface area contributed by atoms with Gasteiger partial charge in [0.2, 0.25) is 0 Å². The van der Waals surface area contributed by atoms with E-state index in [0.717, 1.165) is 19.2 Å². The van der Waals surface area contributed by atoms with Crippen LogP contribution in [0.1, 0.15) is 15.2 Å². The lowest BCUT2D eigenvalue weighted by atomic mass is 10.1. The Bertz CT molecular complexity index is 504. The van der Waals surface area contributed by atoms with Gasteiger partial charge in [-0.05, 0) is 24.3 Å². The summed E-state index contributed by atoms with van der Waals surface area (Å²) in [4.78, 5) is 12.9. The Morgan fingerprint density at radius 3 is 2.44 bits per heavy atom. The maximum absolute atomic E-state index is 11.9. The number of benzene rings is 1. The van der Waals surface area contributed by atoms with Crippen LogP contribution in [0.3, 0.4) is 0 Å². The standard InChI is InChI=1S/C12H8BrClOS/c13-9-3-1-8(2-4-9)11(15)7-10-5-6-12(14)16-10/h1-6H,7H2. The SMILES string of the molecule is O=C(Cc1ccc(Cl)s1)c1ccc(Br)cc1. The lowest BCUT2D eigenvalue weighted by Gasteiger charge is -1.99. The van der Waals surface area contributed by atoms with Crippen molar-refractivity contribution in [1.82, 2.24) is 0 Å². The predicted octanol–water partition coefficient (Wildman–Crippen LogP) is 4.59. The molecule has 0 unspecified atom stereocenters. The van der Waals surface area contributed by atoms with Crippen molar-refractivity contribution < 1.29 is 4.79 Å². The third-order valence-electron chi connectivity index (χ3n) is 2.13. The first-order valence-electron chi connectivity index (χ1n) is 4.68. The topological polar surface area (TPSA) is 17.1 Å². The van der Waals surface area contributed by atoms with Gasteiger partial charge in [-0.25, -0.2) is 0 Å². The number of hydrogen-bond acceptors (Lipinski definition) is 2. The molecule has 0 amide bonds. The molecular weight excluding hydrogens is 308 g/mol. The molecule has 0 saturated carbocycles. The summed E-state index contributed by atoms with van der Waals surface area (Å²) in [6.45, 7) is 0. The average Bonchev–Trinajstić information content (AvgIpc) is 2.65. The number of carbonyl (C=O) groups is 1. The minimum Gasteiger partial charge on any atom is -0.294 e. The molecule has 16 heavy (non-hydrogen) atoms. The van der Waals surface area contributed by atoms with Gasteiger partial charge in [-0.3, -0.25) is 4.79 Å². The average molecular weight is 316 g/mol. The molecule has 1 aromatic carbocycles. The third kappa shape index (κ3) is 2.94. The van der Waals surface area contributed by atoms with Gasteiger partial charge in [0, 0.05) is 21.3 Å². The third-order valence-corrected chi connectivity index (χ3v) is 3.89. The van der Waals surface area contributed by atoms with Crippen molar-refractivity contribution in [3.8, 4) is 0 Å². The van der Waals surface area contributed by atoms with E-state index in [1.54, 1.807) is 0 Å². The summed E-state index contributed by atoms with van der Waals surface area (Å²) in [6, 6.07) is 11.1. The number of ketones is 1. The fraction of sp³-hybridized carbons (Fsp3) is 0.0833. The Morgan fingerprint density at radius 1 is 1.19 bits per heavy atom. The lowest BCUT2D eigenvalue weighted by Crippen LogP contribution is -2.01. The Morgan fingerprint density at radius 2 is 1.88 bits per heavy atom. The van der Waals surface area contributed by atoms with Crippen LogP contribution < -0.4 is 0 Å². The van der Waals surface area contributed by atoms with Crippen LogP contribution in [0.25, 0.3) is 0 Å². The zero-order valence-electron chi connectivity index (χ0n) is 8.24. The molecular formula is C12H8BrClOS. The van der Waals surface area contributed by atoms with Gasteiger partial charge in [-0.15, -0.1) is 11.3 Å². The van der Waals surface area contributed by atoms with E-state index in [2.05, 4.69) is 15.9 Å². The summed E-state index contributed by atoms with van der Waals surface area (Å²) in [5, 5.41) is 0. The summed E-state index contributed by atoms with van der Waals surface area (Å²) < 4.78 is 1.70. The highest BCUT2D eigenvalue weighted by molar-refractivity contribution is 9.10. The van der Waals surface area contributed by atoms with Crippen LogP contribution in [0, 0.1) is 0 Å². The zero-order chi connectivity index (χ0) is 11.5. The molecule has 1 aromatic heterocycles. The van der Waals surface area contributed by atoms with Crippen LogP contribution in [0.5, 0.6) is 0 Å². The monoisotopic (exact) mass is 314 g/mol. The first-order valence-corrected chi connectivity index (χ1v) is 6.67. The second kappa shape index (κ2) is 5.13. The van der Waals surface area contributed by atoms with Crippen molar-refractivity contribution in [3.05, 3.63) is 55.6 Å². The van der Waals surface area contributed by atoms with Gasteiger partial charge in [0.1, 0.15) is 0 Å². The molecule has 0 radical (unpaired) electrons. The molecule has 0 atom stereocenters. The number of halogens is 2. The van der Waals surface area contributed by atoms with E-state index in [-0.39, 0.29) is 5.78 Å². The second-order valence-corrected chi connectivity index (χ2v) is 6.03. The first kappa shape index (κ1) is 11.8. The van der Waals surface area contributed by atoms with Crippen LogP contribution in [-0.4, -0.2) is 5.78 Å². The molecule has 0 aliphatic rings. The molecule has 0 N–H and O–H groups in total. The predicted molar refractivity (Wildman–Crippen MR) is 71.5 cm³/mol. The van der Waals surface area contributed by atoms with Crippen LogP contribution in [0.15, 0.2) is 40.9 Å². The van der Waals surface area contributed by atoms with Gasteiger partial charge in [0.25, 0.3) is 0 Å². The van der Waals surface area contributed by atoms with E-state index in [1.807, 2.05) is 36.4 Å². The van der Waals surface area contributed by atoms with Gasteiger partial charge in [0.15, 0.2) is 5.78 Å². The molecule has 0 saturated heterocycles. The Labute approximate surface area is 111 Å². The van der Waals surface area contributed by atoms with Gasteiger partial charge >= 0.3 is 0 Å². The molecule has 0 spiro atoms. The van der Waals surface area contributed by atoms with Gasteiger partial charge < -0.3 is 0 Å². The summed E-state index contributed by atoms with van der Waals surface area (Å²) >= 11 is 10.6. The first-order chi connectivity index (χ1) is 7.65. The fourth-order valence-electron chi connectivity index (χ4n) is 1.34. The molecule has 0 fully saturated rings.